The van der Waals surface area contributed by atoms with Crippen molar-refractivity contribution in [3.05, 3.63) is 35.1 Å². The quantitative estimate of drug-likeness (QED) is 0.734. The molecule has 0 radical (unpaired) electrons. The monoisotopic (exact) mass is 349 g/mol. The predicted molar refractivity (Wildman–Crippen MR) is 90.8 cm³/mol. The highest BCUT2D eigenvalue weighted by Crippen LogP contribution is 2.31. The number of carboxylic acids is 1. The second-order valence-electron chi connectivity index (χ2n) is 6.83. The van der Waals surface area contributed by atoms with Gasteiger partial charge in [-0.1, -0.05) is 13.0 Å². The molecular formula is C18H24FN3O3. The van der Waals surface area contributed by atoms with E-state index in [4.69, 9.17) is 5.11 Å². The molecule has 0 spiro atoms. The lowest BCUT2D eigenvalue weighted by Gasteiger charge is -2.42. The number of halogens is 1. The van der Waals surface area contributed by atoms with Gasteiger partial charge in [0.25, 0.3) is 0 Å². The van der Waals surface area contributed by atoms with E-state index < -0.39 is 5.97 Å². The van der Waals surface area contributed by atoms with Crippen LogP contribution in [0.3, 0.4) is 0 Å². The molecule has 7 heteroatoms. The second kappa shape index (κ2) is 7.39. The van der Waals surface area contributed by atoms with Crippen LogP contribution in [0.4, 0.5) is 9.18 Å². The molecule has 0 saturated heterocycles. The van der Waals surface area contributed by atoms with Crippen molar-refractivity contribution in [2.24, 2.45) is 0 Å². The molecule has 0 heterocycles. The van der Waals surface area contributed by atoms with Gasteiger partial charge in [-0.15, -0.1) is 0 Å². The van der Waals surface area contributed by atoms with E-state index in [1.807, 2.05) is 11.8 Å². The first-order valence-electron chi connectivity index (χ1n) is 8.77. The third-order valence-electron chi connectivity index (χ3n) is 5.20. The maximum atomic E-state index is 13.2. The lowest BCUT2D eigenvalue weighted by molar-refractivity contribution is -0.139. The molecule has 2 aliphatic rings. The van der Waals surface area contributed by atoms with Crippen LogP contribution in [0.1, 0.15) is 43.4 Å². The molecule has 1 unspecified atom stereocenters. The topological polar surface area (TPSA) is 81.7 Å². The summed E-state index contributed by atoms with van der Waals surface area (Å²) in [4.78, 5) is 25.0. The maximum Gasteiger partial charge on any atom is 0.317 e. The molecule has 1 fully saturated rings. The number of nitrogens with one attached hydrogen (secondary N) is 2. The molecule has 3 rings (SSSR count). The van der Waals surface area contributed by atoms with Crippen LogP contribution in [0.15, 0.2) is 18.2 Å². The first-order chi connectivity index (χ1) is 12.0. The van der Waals surface area contributed by atoms with Gasteiger partial charge in [0.2, 0.25) is 0 Å². The highest BCUT2D eigenvalue weighted by Gasteiger charge is 2.35. The van der Waals surface area contributed by atoms with Crippen LogP contribution in [-0.2, 0) is 11.2 Å². The molecule has 0 aliphatic heterocycles. The van der Waals surface area contributed by atoms with Crippen molar-refractivity contribution in [2.75, 3.05) is 13.1 Å². The lowest BCUT2D eigenvalue weighted by atomic mass is 9.85. The first kappa shape index (κ1) is 17.7. The Kier molecular flexibility index (Phi) is 5.22. The fourth-order valence-corrected chi connectivity index (χ4v) is 3.80. The molecule has 0 bridgehead atoms. The lowest BCUT2D eigenvalue weighted by Crippen LogP contribution is -2.56. The highest BCUT2D eigenvalue weighted by atomic mass is 19.1. The minimum atomic E-state index is -0.827. The number of amides is 2. The minimum absolute atomic E-state index is 0.0372. The normalized spacial score (nSPS) is 24.5. The van der Waals surface area contributed by atoms with Crippen molar-refractivity contribution >= 4 is 12.0 Å². The van der Waals surface area contributed by atoms with Crippen molar-refractivity contribution < 1.29 is 19.1 Å². The van der Waals surface area contributed by atoms with E-state index in [0.29, 0.717) is 6.54 Å². The van der Waals surface area contributed by atoms with Crippen molar-refractivity contribution in [3.8, 4) is 0 Å². The molecule has 0 aromatic heterocycles. The van der Waals surface area contributed by atoms with Crippen molar-refractivity contribution in [1.29, 1.82) is 0 Å². The Hall–Kier alpha value is -2.15. The molecule has 2 amide bonds. The van der Waals surface area contributed by atoms with Crippen LogP contribution in [0, 0.1) is 5.82 Å². The summed E-state index contributed by atoms with van der Waals surface area (Å²) in [5, 5.41) is 14.8. The van der Waals surface area contributed by atoms with E-state index in [-0.39, 0.29) is 36.5 Å². The number of fused-ring (bicyclic) bond motifs is 1. The van der Waals surface area contributed by atoms with Crippen LogP contribution in [0.5, 0.6) is 0 Å². The van der Waals surface area contributed by atoms with Gasteiger partial charge in [-0.2, -0.15) is 0 Å². The number of aliphatic carboxylic acids is 1. The van der Waals surface area contributed by atoms with Crippen LogP contribution < -0.4 is 10.6 Å². The summed E-state index contributed by atoms with van der Waals surface area (Å²) in [5.74, 6) is -1.07. The zero-order valence-electron chi connectivity index (χ0n) is 14.3. The number of likely N-dealkylation sites (N-methyl/N-ethyl adjacent to an activating group) is 1. The van der Waals surface area contributed by atoms with Crippen molar-refractivity contribution in [3.63, 3.8) is 0 Å². The van der Waals surface area contributed by atoms with Crippen LogP contribution in [0.2, 0.25) is 0 Å². The highest BCUT2D eigenvalue weighted by molar-refractivity contribution is 5.75. The summed E-state index contributed by atoms with van der Waals surface area (Å²) in [6.45, 7) is 2.66. The van der Waals surface area contributed by atoms with Crippen molar-refractivity contribution in [2.45, 2.75) is 50.7 Å². The average molecular weight is 349 g/mol. The van der Waals surface area contributed by atoms with Gasteiger partial charge in [-0.3, -0.25) is 9.69 Å². The number of carbonyl (C=O) groups is 2. The van der Waals surface area contributed by atoms with Gasteiger partial charge in [0.05, 0.1) is 12.6 Å². The number of nitrogens with zero attached hydrogens (tertiary/aromatic N) is 1. The zero-order chi connectivity index (χ0) is 18.0. The summed E-state index contributed by atoms with van der Waals surface area (Å²) in [7, 11) is 0. The van der Waals surface area contributed by atoms with Crippen LogP contribution in [0.25, 0.3) is 0 Å². The Morgan fingerprint density at radius 3 is 2.76 bits per heavy atom. The third-order valence-corrected chi connectivity index (χ3v) is 5.20. The summed E-state index contributed by atoms with van der Waals surface area (Å²) >= 11 is 0. The summed E-state index contributed by atoms with van der Waals surface area (Å²) in [6, 6.07) is 4.69. The zero-order valence-corrected chi connectivity index (χ0v) is 14.3. The summed E-state index contributed by atoms with van der Waals surface area (Å²) in [6.07, 6.45) is 3.08. The minimum Gasteiger partial charge on any atom is -0.480 e. The van der Waals surface area contributed by atoms with Crippen LogP contribution >= 0.6 is 0 Å². The van der Waals surface area contributed by atoms with Gasteiger partial charge in [-0.05, 0) is 55.5 Å². The number of urea groups is 1. The number of carbonyl (C=O) groups excluding carboxylic acids is 1. The van der Waals surface area contributed by atoms with Gasteiger partial charge < -0.3 is 15.7 Å². The average Bonchev–Trinajstić information content (AvgIpc) is 2.90. The Morgan fingerprint density at radius 2 is 2.08 bits per heavy atom. The molecule has 1 saturated carbocycles. The second-order valence-corrected chi connectivity index (χ2v) is 6.83. The number of aryl methyl sites for hydroxylation is 1. The number of hydrogen-bond acceptors (Lipinski definition) is 3. The summed E-state index contributed by atoms with van der Waals surface area (Å²) < 4.78 is 13.2. The number of benzene rings is 1. The molecule has 1 aromatic carbocycles. The van der Waals surface area contributed by atoms with E-state index in [0.717, 1.165) is 36.8 Å². The van der Waals surface area contributed by atoms with E-state index in [1.165, 1.54) is 12.1 Å². The third kappa shape index (κ3) is 4.10. The van der Waals surface area contributed by atoms with Gasteiger partial charge >= 0.3 is 12.0 Å². The molecule has 6 nitrogen and oxygen atoms in total. The molecule has 25 heavy (non-hydrogen) atoms. The SMILES string of the molecule is CCN(CC(=O)O)C1CC(NC(=O)NC2CCc3cc(F)ccc32)C1. The van der Waals surface area contributed by atoms with E-state index in [2.05, 4.69) is 10.6 Å². The van der Waals surface area contributed by atoms with Crippen molar-refractivity contribution in [1.82, 2.24) is 15.5 Å². The van der Waals surface area contributed by atoms with Gasteiger partial charge in [-0.25, -0.2) is 9.18 Å². The Labute approximate surface area is 146 Å². The maximum absolute atomic E-state index is 13.2. The standard InChI is InChI=1S/C18H24FN3O3/c1-2-22(10-17(23)24)14-8-13(9-14)20-18(25)21-16-6-3-11-7-12(19)4-5-15(11)16/h4-5,7,13-14,16H,2-3,6,8-10H2,1H3,(H,23,24)(H2,20,21,25). The number of carboxylic acid groups (broad SMARTS) is 1. The Bertz CT molecular complexity index is 661. The Balaban J connectivity index is 1.45. The molecule has 1 atom stereocenters. The smallest absolute Gasteiger partial charge is 0.317 e. The van der Waals surface area contributed by atoms with Gasteiger partial charge in [0, 0.05) is 12.1 Å². The molecule has 3 N–H and O–H groups in total. The van der Waals surface area contributed by atoms with E-state index in [9.17, 15) is 14.0 Å². The van der Waals surface area contributed by atoms with Gasteiger partial charge in [0.1, 0.15) is 5.82 Å². The fraction of sp³-hybridized carbons (Fsp3) is 0.556. The molecule has 136 valence electrons. The van der Waals surface area contributed by atoms with E-state index in [1.54, 1.807) is 6.07 Å². The molecule has 2 aliphatic carbocycles. The molecule has 1 aromatic rings. The first-order valence-corrected chi connectivity index (χ1v) is 8.77. The number of rotatable bonds is 6. The predicted octanol–water partition coefficient (Wildman–Crippen LogP) is 2.05. The summed E-state index contributed by atoms with van der Waals surface area (Å²) in [5.41, 5.74) is 1.95. The van der Waals surface area contributed by atoms with E-state index >= 15 is 0 Å². The Morgan fingerprint density at radius 1 is 1.32 bits per heavy atom. The molecular weight excluding hydrogens is 325 g/mol. The van der Waals surface area contributed by atoms with Crippen LogP contribution in [-0.4, -0.2) is 47.2 Å². The van der Waals surface area contributed by atoms with Gasteiger partial charge in [0.15, 0.2) is 0 Å². The number of hydrogen-bond donors (Lipinski definition) is 3. The largest absolute Gasteiger partial charge is 0.480 e. The fourth-order valence-electron chi connectivity index (χ4n) is 3.80.